The summed E-state index contributed by atoms with van der Waals surface area (Å²) in [5, 5.41) is 11.9. The summed E-state index contributed by atoms with van der Waals surface area (Å²) in [5.41, 5.74) is 2.49. The second kappa shape index (κ2) is 5.73. The SMILES string of the molecule is COc1ccccc1C1=Nc2ccc(C(=O)O)cc2C(S)N1. The smallest absolute Gasteiger partial charge is 0.335 e. The van der Waals surface area contributed by atoms with Gasteiger partial charge in [-0.05, 0) is 30.3 Å². The standard InChI is InChI=1S/C16H14N2O3S/c1-21-13-5-3-2-4-10(13)14-17-12-7-6-9(16(19)20)8-11(12)15(22)18-14/h2-8,15,22H,1H3,(H,17,18)(H,19,20). The number of carbonyl (C=O) groups is 1. The van der Waals surface area contributed by atoms with Gasteiger partial charge in [0.1, 0.15) is 11.6 Å². The highest BCUT2D eigenvalue weighted by Crippen LogP contribution is 2.34. The molecule has 0 aliphatic carbocycles. The fourth-order valence-corrected chi connectivity index (χ4v) is 2.68. The summed E-state index contributed by atoms with van der Waals surface area (Å²) in [5.74, 6) is 0.385. The average Bonchev–Trinajstić information content (AvgIpc) is 2.54. The first-order valence-electron chi connectivity index (χ1n) is 6.64. The molecule has 112 valence electrons. The summed E-state index contributed by atoms with van der Waals surface area (Å²) in [6, 6.07) is 12.4. The van der Waals surface area contributed by atoms with Crippen LogP contribution in [0.2, 0.25) is 0 Å². The van der Waals surface area contributed by atoms with Gasteiger partial charge in [0, 0.05) is 5.56 Å². The topological polar surface area (TPSA) is 70.9 Å². The van der Waals surface area contributed by atoms with E-state index in [9.17, 15) is 4.79 Å². The van der Waals surface area contributed by atoms with Crippen LogP contribution in [0.25, 0.3) is 0 Å². The molecule has 22 heavy (non-hydrogen) atoms. The average molecular weight is 314 g/mol. The minimum atomic E-state index is -0.970. The number of hydrogen-bond acceptors (Lipinski definition) is 5. The third-order valence-corrected chi connectivity index (χ3v) is 3.84. The van der Waals surface area contributed by atoms with Crippen LogP contribution in [0, 0.1) is 0 Å². The van der Waals surface area contributed by atoms with Gasteiger partial charge in [0.05, 0.1) is 29.3 Å². The van der Waals surface area contributed by atoms with Crippen molar-refractivity contribution in [1.29, 1.82) is 0 Å². The van der Waals surface area contributed by atoms with E-state index in [-0.39, 0.29) is 10.9 Å². The van der Waals surface area contributed by atoms with Gasteiger partial charge in [-0.1, -0.05) is 12.1 Å². The Kier molecular flexibility index (Phi) is 3.77. The Morgan fingerprint density at radius 1 is 1.32 bits per heavy atom. The first-order valence-corrected chi connectivity index (χ1v) is 7.15. The molecule has 3 rings (SSSR count). The molecule has 0 spiro atoms. The lowest BCUT2D eigenvalue weighted by Gasteiger charge is -2.24. The highest BCUT2D eigenvalue weighted by Gasteiger charge is 2.22. The van der Waals surface area contributed by atoms with Crippen LogP contribution in [0.15, 0.2) is 47.5 Å². The van der Waals surface area contributed by atoms with Crippen LogP contribution in [-0.2, 0) is 0 Å². The number of rotatable bonds is 3. The largest absolute Gasteiger partial charge is 0.496 e. The minimum absolute atomic E-state index is 0.218. The number of methoxy groups -OCH3 is 1. The van der Waals surface area contributed by atoms with E-state index < -0.39 is 5.97 Å². The molecule has 2 aromatic carbocycles. The lowest BCUT2D eigenvalue weighted by atomic mass is 10.1. The Morgan fingerprint density at radius 3 is 2.82 bits per heavy atom. The first kappa shape index (κ1) is 14.5. The van der Waals surface area contributed by atoms with Crippen molar-refractivity contribution in [2.45, 2.75) is 5.37 Å². The molecule has 0 saturated carbocycles. The van der Waals surface area contributed by atoms with E-state index in [1.807, 2.05) is 24.3 Å². The van der Waals surface area contributed by atoms with E-state index in [2.05, 4.69) is 22.9 Å². The molecule has 5 nitrogen and oxygen atoms in total. The predicted molar refractivity (Wildman–Crippen MR) is 87.5 cm³/mol. The second-order valence-electron chi connectivity index (χ2n) is 4.79. The van der Waals surface area contributed by atoms with Crippen molar-refractivity contribution in [2.75, 3.05) is 7.11 Å². The van der Waals surface area contributed by atoms with Crippen LogP contribution >= 0.6 is 12.6 Å². The van der Waals surface area contributed by atoms with Gasteiger partial charge in [-0.3, -0.25) is 0 Å². The van der Waals surface area contributed by atoms with Crippen molar-refractivity contribution in [3.63, 3.8) is 0 Å². The van der Waals surface area contributed by atoms with E-state index >= 15 is 0 Å². The van der Waals surface area contributed by atoms with Crippen LogP contribution in [0.4, 0.5) is 5.69 Å². The highest BCUT2D eigenvalue weighted by molar-refractivity contribution is 7.80. The van der Waals surface area contributed by atoms with E-state index in [0.717, 1.165) is 11.1 Å². The number of ether oxygens (including phenoxy) is 1. The maximum Gasteiger partial charge on any atom is 0.335 e. The zero-order valence-electron chi connectivity index (χ0n) is 11.8. The van der Waals surface area contributed by atoms with Crippen molar-refractivity contribution in [2.24, 2.45) is 4.99 Å². The predicted octanol–water partition coefficient (Wildman–Crippen LogP) is 3.00. The maximum atomic E-state index is 11.1. The van der Waals surface area contributed by atoms with E-state index in [0.29, 0.717) is 17.3 Å². The van der Waals surface area contributed by atoms with Crippen molar-refractivity contribution >= 4 is 30.1 Å². The van der Waals surface area contributed by atoms with Gasteiger partial charge in [-0.15, -0.1) is 12.6 Å². The summed E-state index contributed by atoms with van der Waals surface area (Å²) in [6.07, 6.45) is 0. The maximum absolute atomic E-state index is 11.1. The van der Waals surface area contributed by atoms with Gasteiger partial charge < -0.3 is 15.2 Å². The van der Waals surface area contributed by atoms with Crippen LogP contribution in [0.1, 0.15) is 26.9 Å². The monoisotopic (exact) mass is 314 g/mol. The number of thiol groups is 1. The van der Waals surface area contributed by atoms with Crippen molar-refractivity contribution < 1.29 is 14.6 Å². The number of aromatic carboxylic acids is 1. The quantitative estimate of drug-likeness (QED) is 0.762. The molecule has 0 saturated heterocycles. The number of hydrogen-bond donors (Lipinski definition) is 3. The zero-order chi connectivity index (χ0) is 15.7. The summed E-state index contributed by atoms with van der Waals surface area (Å²) >= 11 is 4.50. The van der Waals surface area contributed by atoms with Crippen LogP contribution in [0.5, 0.6) is 5.75 Å². The summed E-state index contributed by atoms with van der Waals surface area (Å²) in [4.78, 5) is 15.6. The Hall–Kier alpha value is -2.47. The number of nitrogens with one attached hydrogen (secondary N) is 1. The molecule has 0 fully saturated rings. The minimum Gasteiger partial charge on any atom is -0.496 e. The Bertz CT molecular complexity index is 774. The van der Waals surface area contributed by atoms with E-state index in [1.165, 1.54) is 6.07 Å². The normalized spacial score (nSPS) is 16.3. The summed E-state index contributed by atoms with van der Waals surface area (Å²) in [6.45, 7) is 0. The molecule has 6 heteroatoms. The van der Waals surface area contributed by atoms with Crippen molar-refractivity contribution in [3.05, 3.63) is 59.2 Å². The molecule has 1 atom stereocenters. The molecule has 1 unspecified atom stereocenters. The number of amidine groups is 1. The van der Waals surface area contributed by atoms with Crippen LogP contribution < -0.4 is 10.1 Å². The number of carboxylic acid groups (broad SMARTS) is 1. The molecule has 0 bridgehead atoms. The van der Waals surface area contributed by atoms with Crippen LogP contribution in [0.3, 0.4) is 0 Å². The van der Waals surface area contributed by atoms with Gasteiger partial charge in [0.25, 0.3) is 0 Å². The molecular weight excluding hydrogens is 300 g/mol. The third kappa shape index (κ3) is 2.53. The fraction of sp³-hybridized carbons (Fsp3) is 0.125. The van der Waals surface area contributed by atoms with Gasteiger partial charge in [-0.25, -0.2) is 9.79 Å². The molecule has 1 aliphatic heterocycles. The number of carboxylic acids is 1. The number of aliphatic imine (C=N–C) groups is 1. The molecule has 0 aromatic heterocycles. The zero-order valence-corrected chi connectivity index (χ0v) is 12.7. The molecule has 1 heterocycles. The molecule has 1 aliphatic rings. The summed E-state index contributed by atoms with van der Waals surface area (Å²) in [7, 11) is 1.60. The molecule has 2 aromatic rings. The van der Waals surface area contributed by atoms with Crippen molar-refractivity contribution in [3.8, 4) is 5.75 Å². The lowest BCUT2D eigenvalue weighted by molar-refractivity contribution is 0.0697. The molecule has 0 amide bonds. The van der Waals surface area contributed by atoms with E-state index in [4.69, 9.17) is 9.84 Å². The third-order valence-electron chi connectivity index (χ3n) is 3.44. The lowest BCUT2D eigenvalue weighted by Crippen LogP contribution is -2.29. The van der Waals surface area contributed by atoms with Gasteiger partial charge in [0.15, 0.2) is 0 Å². The Morgan fingerprint density at radius 2 is 2.09 bits per heavy atom. The fourth-order valence-electron chi connectivity index (χ4n) is 2.35. The second-order valence-corrected chi connectivity index (χ2v) is 5.30. The Labute approximate surface area is 133 Å². The number of benzene rings is 2. The molecule has 2 N–H and O–H groups in total. The number of para-hydroxylation sites is 1. The van der Waals surface area contributed by atoms with Gasteiger partial charge >= 0.3 is 5.97 Å². The van der Waals surface area contributed by atoms with Gasteiger partial charge in [0.2, 0.25) is 0 Å². The van der Waals surface area contributed by atoms with Crippen LogP contribution in [-0.4, -0.2) is 24.0 Å². The Balaban J connectivity index is 2.08. The molecular formula is C16H14N2O3S. The van der Waals surface area contributed by atoms with E-state index in [1.54, 1.807) is 19.2 Å². The molecule has 0 radical (unpaired) electrons. The highest BCUT2D eigenvalue weighted by atomic mass is 32.1. The van der Waals surface area contributed by atoms with Gasteiger partial charge in [-0.2, -0.15) is 0 Å². The number of fused-ring (bicyclic) bond motifs is 1. The number of nitrogens with zero attached hydrogens (tertiary/aromatic N) is 1. The van der Waals surface area contributed by atoms with Crippen molar-refractivity contribution in [1.82, 2.24) is 5.32 Å². The summed E-state index contributed by atoms with van der Waals surface area (Å²) < 4.78 is 5.35. The first-order chi connectivity index (χ1) is 10.6.